The van der Waals surface area contributed by atoms with Crippen molar-refractivity contribution in [3.8, 4) is 0 Å². The summed E-state index contributed by atoms with van der Waals surface area (Å²) in [5, 5.41) is 12.3. The number of carbonyl (C=O) groups is 1. The van der Waals surface area contributed by atoms with Gasteiger partial charge in [-0.1, -0.05) is 47.5 Å². The number of hydrogen-bond donors (Lipinski definition) is 2. The smallest absolute Gasteiger partial charge is 0.254 e. The highest BCUT2D eigenvalue weighted by Crippen LogP contribution is 2.39. The Hall–Kier alpha value is -2.96. The Morgan fingerprint density at radius 1 is 1.15 bits per heavy atom. The highest BCUT2D eigenvalue weighted by atomic mass is 35.5. The second kappa shape index (κ2) is 9.12. The fourth-order valence-electron chi connectivity index (χ4n) is 4.74. The van der Waals surface area contributed by atoms with E-state index in [1.165, 1.54) is 0 Å². The summed E-state index contributed by atoms with van der Waals surface area (Å²) < 4.78 is 1.84. The van der Waals surface area contributed by atoms with E-state index in [1.54, 1.807) is 12.3 Å². The van der Waals surface area contributed by atoms with E-state index in [9.17, 15) is 4.79 Å². The van der Waals surface area contributed by atoms with E-state index in [0.717, 1.165) is 42.2 Å². The molecular weight excluding hydrogens is 457 g/mol. The van der Waals surface area contributed by atoms with Crippen LogP contribution < -0.4 is 10.6 Å². The third kappa shape index (κ3) is 4.21. The molecule has 2 aliphatic heterocycles. The molecule has 5 rings (SSSR count). The highest BCUT2D eigenvalue weighted by molar-refractivity contribution is 6.42. The van der Waals surface area contributed by atoms with Gasteiger partial charge in [0.2, 0.25) is 0 Å². The van der Waals surface area contributed by atoms with E-state index in [1.807, 2.05) is 65.0 Å². The molecule has 0 radical (unpaired) electrons. The maximum atomic E-state index is 14.0. The lowest BCUT2D eigenvalue weighted by Crippen LogP contribution is -2.43. The lowest BCUT2D eigenvalue weighted by molar-refractivity contribution is -0.128. The van der Waals surface area contributed by atoms with Crippen molar-refractivity contribution in [3.63, 3.8) is 0 Å². The quantitative estimate of drug-likeness (QED) is 0.498. The number of amides is 1. The van der Waals surface area contributed by atoms with Gasteiger partial charge < -0.3 is 15.5 Å². The first-order valence-electron chi connectivity index (χ1n) is 11.1. The lowest BCUT2D eigenvalue weighted by Gasteiger charge is -2.34. The van der Waals surface area contributed by atoms with Crippen LogP contribution in [0.15, 0.2) is 72.1 Å². The molecule has 0 spiro atoms. The Labute approximate surface area is 203 Å². The minimum atomic E-state index is -0.387. The highest BCUT2D eigenvalue weighted by Gasteiger charge is 2.38. The number of hydrogen-bond acceptors (Lipinski definition) is 4. The normalized spacial score (nSPS) is 19.9. The Morgan fingerprint density at radius 3 is 2.76 bits per heavy atom. The van der Waals surface area contributed by atoms with Gasteiger partial charge in [-0.05, 0) is 49.6 Å². The summed E-state index contributed by atoms with van der Waals surface area (Å²) in [5.41, 5.74) is 3.43. The summed E-state index contributed by atoms with van der Waals surface area (Å²) in [6, 6.07) is 17.2. The molecule has 170 valence electrons. The molecule has 2 atom stereocenters. The summed E-state index contributed by atoms with van der Waals surface area (Å²) in [6.07, 6.45) is 3.68. The fraction of sp³-hybridized carbons (Fsp3) is 0.280. The number of nitrogens with one attached hydrogen (secondary N) is 2. The monoisotopic (exact) mass is 481 g/mol. The summed E-state index contributed by atoms with van der Waals surface area (Å²) in [4.78, 5) is 16.0. The molecule has 3 heterocycles. The molecule has 0 bridgehead atoms. The van der Waals surface area contributed by atoms with Gasteiger partial charge in [-0.15, -0.1) is 0 Å². The van der Waals surface area contributed by atoms with Crippen LogP contribution in [-0.4, -0.2) is 39.7 Å². The maximum Gasteiger partial charge on any atom is 0.254 e. The van der Waals surface area contributed by atoms with Crippen LogP contribution >= 0.6 is 23.2 Å². The summed E-state index contributed by atoms with van der Waals surface area (Å²) >= 11 is 12.5. The van der Waals surface area contributed by atoms with Gasteiger partial charge in [0.1, 0.15) is 11.9 Å². The van der Waals surface area contributed by atoms with Crippen LogP contribution in [0.5, 0.6) is 0 Å². The zero-order chi connectivity index (χ0) is 22.9. The van der Waals surface area contributed by atoms with Crippen molar-refractivity contribution < 1.29 is 4.79 Å². The molecule has 1 saturated heterocycles. The number of anilines is 2. The minimum Gasteiger partial charge on any atom is -0.383 e. The number of carbonyl (C=O) groups excluding carboxylic acids is 1. The van der Waals surface area contributed by atoms with E-state index in [4.69, 9.17) is 23.2 Å². The second-order valence-corrected chi connectivity index (χ2v) is 9.26. The number of fused-ring (bicyclic) bond motifs is 1. The SMILES string of the molecule is CC1=C(C(=O)N2CCC[C@H]2CNc2ccccc2)C(c2ccc(Cl)c(Cl)c2)n2nccc2N1. The average molecular weight is 482 g/mol. The third-order valence-corrected chi connectivity index (χ3v) is 7.09. The predicted octanol–water partition coefficient (Wildman–Crippen LogP) is 5.58. The molecule has 33 heavy (non-hydrogen) atoms. The van der Waals surface area contributed by atoms with Crippen molar-refractivity contribution in [1.82, 2.24) is 14.7 Å². The van der Waals surface area contributed by atoms with Gasteiger partial charge in [0.25, 0.3) is 5.91 Å². The molecule has 1 aromatic heterocycles. The topological polar surface area (TPSA) is 62.2 Å². The first kappa shape index (κ1) is 21.9. The predicted molar refractivity (Wildman–Crippen MR) is 133 cm³/mol. The molecule has 8 heteroatoms. The zero-order valence-electron chi connectivity index (χ0n) is 18.3. The van der Waals surface area contributed by atoms with Gasteiger partial charge in [0, 0.05) is 36.6 Å². The number of rotatable bonds is 5. The number of aromatic nitrogens is 2. The van der Waals surface area contributed by atoms with Crippen LogP contribution in [-0.2, 0) is 4.79 Å². The Balaban J connectivity index is 1.46. The molecular formula is C25H25Cl2N5O. The standard InChI is InChI=1S/C25H25Cl2N5O/c1-16-23(25(33)31-13-5-8-19(31)15-28-18-6-3-2-4-7-18)24(32-22(30-16)11-12-29-32)17-9-10-20(26)21(27)14-17/h2-4,6-7,9-12,14,19,24,28,30H,5,8,13,15H2,1H3/t19-,24?/m0/s1. The third-order valence-electron chi connectivity index (χ3n) is 6.35. The molecule has 2 aromatic carbocycles. The molecule has 3 aromatic rings. The number of likely N-dealkylation sites (tertiary alicyclic amines) is 1. The molecule has 0 saturated carbocycles. The van der Waals surface area contributed by atoms with Crippen LogP contribution in [0.4, 0.5) is 11.5 Å². The van der Waals surface area contributed by atoms with Gasteiger partial charge in [-0.25, -0.2) is 4.68 Å². The van der Waals surface area contributed by atoms with E-state index >= 15 is 0 Å². The van der Waals surface area contributed by atoms with Crippen LogP contribution in [0.25, 0.3) is 0 Å². The first-order chi connectivity index (χ1) is 16.0. The number of allylic oxidation sites excluding steroid dienone is 1. The van der Waals surface area contributed by atoms with Crippen LogP contribution in [0.3, 0.4) is 0 Å². The van der Waals surface area contributed by atoms with E-state index in [0.29, 0.717) is 22.2 Å². The van der Waals surface area contributed by atoms with Crippen molar-refractivity contribution in [2.45, 2.75) is 31.8 Å². The molecule has 2 aliphatic rings. The fourth-order valence-corrected chi connectivity index (χ4v) is 5.04. The number of benzene rings is 2. The van der Waals surface area contributed by atoms with E-state index < -0.39 is 0 Å². The molecule has 0 aliphatic carbocycles. The summed E-state index contributed by atoms with van der Waals surface area (Å²) in [6.45, 7) is 3.39. The van der Waals surface area contributed by atoms with Crippen molar-refractivity contribution in [2.75, 3.05) is 23.7 Å². The molecule has 1 unspecified atom stereocenters. The van der Waals surface area contributed by atoms with Crippen molar-refractivity contribution in [3.05, 3.63) is 87.7 Å². The van der Waals surface area contributed by atoms with Gasteiger partial charge >= 0.3 is 0 Å². The van der Waals surface area contributed by atoms with Crippen LogP contribution in [0.2, 0.25) is 10.0 Å². The van der Waals surface area contributed by atoms with E-state index in [2.05, 4.69) is 15.7 Å². The Morgan fingerprint density at radius 2 is 1.97 bits per heavy atom. The molecule has 1 amide bonds. The van der Waals surface area contributed by atoms with Crippen molar-refractivity contribution >= 4 is 40.6 Å². The minimum absolute atomic E-state index is 0.0228. The Bertz CT molecular complexity index is 1210. The van der Waals surface area contributed by atoms with Gasteiger partial charge in [0.15, 0.2) is 0 Å². The molecule has 2 N–H and O–H groups in total. The van der Waals surface area contributed by atoms with Gasteiger partial charge in [0.05, 0.1) is 21.8 Å². The first-order valence-corrected chi connectivity index (χ1v) is 11.8. The van der Waals surface area contributed by atoms with Gasteiger partial charge in [-0.2, -0.15) is 5.10 Å². The number of halogens is 2. The number of para-hydroxylation sites is 1. The largest absolute Gasteiger partial charge is 0.383 e. The Kier molecular flexibility index (Phi) is 6.04. The van der Waals surface area contributed by atoms with Crippen LogP contribution in [0.1, 0.15) is 31.4 Å². The van der Waals surface area contributed by atoms with Gasteiger partial charge in [-0.3, -0.25) is 4.79 Å². The zero-order valence-corrected chi connectivity index (χ0v) is 19.8. The average Bonchev–Trinajstić information content (AvgIpc) is 3.48. The van der Waals surface area contributed by atoms with Crippen molar-refractivity contribution in [2.24, 2.45) is 0 Å². The maximum absolute atomic E-state index is 14.0. The van der Waals surface area contributed by atoms with Crippen molar-refractivity contribution in [1.29, 1.82) is 0 Å². The summed E-state index contributed by atoms with van der Waals surface area (Å²) in [5.74, 6) is 0.860. The second-order valence-electron chi connectivity index (χ2n) is 8.44. The molecule has 1 fully saturated rings. The van der Waals surface area contributed by atoms with Crippen LogP contribution in [0, 0.1) is 0 Å². The van der Waals surface area contributed by atoms with E-state index in [-0.39, 0.29) is 18.0 Å². The lowest BCUT2D eigenvalue weighted by atomic mass is 9.94. The summed E-state index contributed by atoms with van der Waals surface area (Å²) in [7, 11) is 0. The number of nitrogens with zero attached hydrogens (tertiary/aromatic N) is 3. The molecule has 6 nitrogen and oxygen atoms in total.